The summed E-state index contributed by atoms with van der Waals surface area (Å²) >= 11 is 1.49. The maximum absolute atomic E-state index is 11.7. The first-order valence-corrected chi connectivity index (χ1v) is 7.52. The maximum Gasteiger partial charge on any atom is 0.199 e. The van der Waals surface area contributed by atoms with Gasteiger partial charge in [0.15, 0.2) is 11.7 Å². The molecular formula is C14H17NO3S. The van der Waals surface area contributed by atoms with Gasteiger partial charge in [0.2, 0.25) is 0 Å². The molecule has 1 fully saturated rings. The molecule has 3 rings (SSSR count). The van der Waals surface area contributed by atoms with Gasteiger partial charge in [0.1, 0.15) is 0 Å². The number of fused-ring (bicyclic) bond motifs is 1. The minimum atomic E-state index is -0.0499. The van der Waals surface area contributed by atoms with Gasteiger partial charge in [0.05, 0.1) is 16.8 Å². The van der Waals surface area contributed by atoms with Gasteiger partial charge in [-0.15, -0.1) is 11.3 Å². The predicted octanol–water partition coefficient (Wildman–Crippen LogP) is 2.61. The summed E-state index contributed by atoms with van der Waals surface area (Å²) in [5.41, 5.74) is 1.09. The predicted molar refractivity (Wildman–Crippen MR) is 75.6 cm³/mol. The highest BCUT2D eigenvalue weighted by atomic mass is 32.1. The number of rotatable bonds is 4. The Hall–Kier alpha value is -1.17. The first-order chi connectivity index (χ1) is 9.34. The van der Waals surface area contributed by atoms with Crippen molar-refractivity contribution >= 4 is 21.6 Å². The van der Waals surface area contributed by atoms with Crippen molar-refractivity contribution in [3.8, 4) is 0 Å². The molecule has 4 nitrogen and oxygen atoms in total. The number of pyridine rings is 1. The Bertz CT molecular complexity index is 598. The number of nitrogens with zero attached hydrogens (tertiary/aromatic N) is 1. The molecule has 0 aromatic carbocycles. The van der Waals surface area contributed by atoms with E-state index in [1.807, 2.05) is 17.6 Å². The average Bonchev–Trinajstić information content (AvgIpc) is 2.93. The zero-order chi connectivity index (χ0) is 13.1. The second-order valence-electron chi connectivity index (χ2n) is 4.68. The Kier molecular flexibility index (Phi) is 3.96. The zero-order valence-electron chi connectivity index (χ0n) is 10.7. The van der Waals surface area contributed by atoms with Gasteiger partial charge in [-0.1, -0.05) is 0 Å². The van der Waals surface area contributed by atoms with Crippen LogP contribution < -0.4 is 5.43 Å². The van der Waals surface area contributed by atoms with Crippen LogP contribution in [0.2, 0.25) is 0 Å². The van der Waals surface area contributed by atoms with Crippen molar-refractivity contribution in [3.05, 3.63) is 33.9 Å². The molecule has 5 heteroatoms. The quantitative estimate of drug-likeness (QED) is 0.863. The van der Waals surface area contributed by atoms with Crippen LogP contribution in [0.25, 0.3) is 10.2 Å². The second kappa shape index (κ2) is 5.86. The SMILES string of the molecule is O=c1ccn(CCO[C@H]2CCCCO2)c2ccsc12. The van der Waals surface area contributed by atoms with Crippen molar-refractivity contribution in [2.75, 3.05) is 13.2 Å². The summed E-state index contributed by atoms with van der Waals surface area (Å²) in [5, 5.41) is 1.95. The first-order valence-electron chi connectivity index (χ1n) is 6.64. The van der Waals surface area contributed by atoms with Gasteiger partial charge in [-0.3, -0.25) is 4.79 Å². The van der Waals surface area contributed by atoms with Gasteiger partial charge in [-0.25, -0.2) is 0 Å². The van der Waals surface area contributed by atoms with Gasteiger partial charge >= 0.3 is 0 Å². The van der Waals surface area contributed by atoms with Crippen LogP contribution in [0.1, 0.15) is 19.3 Å². The molecule has 1 saturated heterocycles. The minimum Gasteiger partial charge on any atom is -0.353 e. The van der Waals surface area contributed by atoms with E-state index in [2.05, 4.69) is 4.57 Å². The van der Waals surface area contributed by atoms with E-state index in [-0.39, 0.29) is 11.7 Å². The van der Waals surface area contributed by atoms with Crippen molar-refractivity contribution in [2.45, 2.75) is 32.1 Å². The van der Waals surface area contributed by atoms with Crippen molar-refractivity contribution in [1.29, 1.82) is 0 Å². The van der Waals surface area contributed by atoms with Gasteiger partial charge in [0, 0.05) is 25.4 Å². The summed E-state index contributed by atoms with van der Waals surface area (Å²) in [6.45, 7) is 2.16. The summed E-state index contributed by atoms with van der Waals surface area (Å²) in [6.07, 6.45) is 5.08. The number of ether oxygens (including phenoxy) is 2. The van der Waals surface area contributed by atoms with Gasteiger partial charge in [0.25, 0.3) is 0 Å². The second-order valence-corrected chi connectivity index (χ2v) is 5.59. The Morgan fingerprint density at radius 3 is 3.21 bits per heavy atom. The minimum absolute atomic E-state index is 0.0499. The summed E-state index contributed by atoms with van der Waals surface area (Å²) in [4.78, 5) is 11.7. The number of thiophene rings is 1. The van der Waals surface area contributed by atoms with Crippen LogP contribution in [0.15, 0.2) is 28.5 Å². The third-order valence-corrected chi connectivity index (χ3v) is 4.28. The van der Waals surface area contributed by atoms with E-state index in [0.29, 0.717) is 6.61 Å². The molecule has 0 radical (unpaired) electrons. The molecule has 102 valence electrons. The van der Waals surface area contributed by atoms with E-state index in [9.17, 15) is 4.79 Å². The third kappa shape index (κ3) is 2.88. The molecule has 0 unspecified atom stereocenters. The largest absolute Gasteiger partial charge is 0.353 e. The summed E-state index contributed by atoms with van der Waals surface area (Å²) in [5.74, 6) is 0. The maximum atomic E-state index is 11.7. The molecule has 1 aliphatic heterocycles. The molecule has 3 heterocycles. The number of aromatic nitrogens is 1. The Morgan fingerprint density at radius 2 is 2.37 bits per heavy atom. The topological polar surface area (TPSA) is 40.5 Å². The van der Waals surface area contributed by atoms with Crippen LogP contribution in [0.3, 0.4) is 0 Å². The molecule has 0 spiro atoms. The number of hydrogen-bond acceptors (Lipinski definition) is 4. The lowest BCUT2D eigenvalue weighted by Gasteiger charge is -2.23. The fourth-order valence-electron chi connectivity index (χ4n) is 2.35. The van der Waals surface area contributed by atoms with Gasteiger partial charge in [-0.05, 0) is 30.7 Å². The van der Waals surface area contributed by atoms with Crippen molar-refractivity contribution < 1.29 is 9.47 Å². The lowest BCUT2D eigenvalue weighted by atomic mass is 10.2. The molecule has 0 amide bonds. The van der Waals surface area contributed by atoms with Crippen LogP contribution >= 0.6 is 11.3 Å². The van der Waals surface area contributed by atoms with E-state index in [0.717, 1.165) is 36.2 Å². The van der Waals surface area contributed by atoms with Crippen molar-refractivity contribution in [1.82, 2.24) is 4.57 Å². The number of hydrogen-bond donors (Lipinski definition) is 0. The smallest absolute Gasteiger partial charge is 0.199 e. The average molecular weight is 279 g/mol. The normalized spacial score (nSPS) is 19.9. The van der Waals surface area contributed by atoms with Crippen LogP contribution in [0.5, 0.6) is 0 Å². The highest BCUT2D eigenvalue weighted by Crippen LogP contribution is 2.17. The van der Waals surface area contributed by atoms with Crippen LogP contribution in [-0.2, 0) is 16.0 Å². The van der Waals surface area contributed by atoms with E-state index >= 15 is 0 Å². The van der Waals surface area contributed by atoms with E-state index < -0.39 is 0 Å². The molecule has 2 aromatic rings. The summed E-state index contributed by atoms with van der Waals surface area (Å²) in [6, 6.07) is 3.61. The summed E-state index contributed by atoms with van der Waals surface area (Å²) < 4.78 is 14.1. The Balaban J connectivity index is 1.63. The molecule has 0 saturated carbocycles. The summed E-state index contributed by atoms with van der Waals surface area (Å²) in [7, 11) is 0. The molecule has 0 bridgehead atoms. The van der Waals surface area contributed by atoms with Gasteiger partial charge < -0.3 is 14.0 Å². The van der Waals surface area contributed by atoms with E-state index in [1.165, 1.54) is 17.8 Å². The fraction of sp³-hybridized carbons (Fsp3) is 0.500. The van der Waals surface area contributed by atoms with E-state index in [1.54, 1.807) is 6.07 Å². The zero-order valence-corrected chi connectivity index (χ0v) is 11.5. The fourth-order valence-corrected chi connectivity index (χ4v) is 3.17. The van der Waals surface area contributed by atoms with Crippen molar-refractivity contribution in [2.24, 2.45) is 0 Å². The van der Waals surface area contributed by atoms with Crippen LogP contribution in [-0.4, -0.2) is 24.1 Å². The molecule has 19 heavy (non-hydrogen) atoms. The van der Waals surface area contributed by atoms with Crippen LogP contribution in [0, 0.1) is 0 Å². The molecule has 1 atom stereocenters. The molecule has 0 N–H and O–H groups in total. The van der Waals surface area contributed by atoms with Crippen molar-refractivity contribution in [3.63, 3.8) is 0 Å². The standard InChI is InChI=1S/C14H17NO3S/c16-12-4-6-15(11-5-10-19-14(11)12)7-9-18-13-3-1-2-8-17-13/h4-6,10,13H,1-3,7-9H2/t13-/m0/s1. The molecular weight excluding hydrogens is 262 g/mol. The Morgan fingerprint density at radius 1 is 1.42 bits per heavy atom. The lowest BCUT2D eigenvalue weighted by Crippen LogP contribution is -2.24. The van der Waals surface area contributed by atoms with Gasteiger partial charge in [-0.2, -0.15) is 0 Å². The first kappa shape index (κ1) is 12.8. The van der Waals surface area contributed by atoms with E-state index in [4.69, 9.17) is 9.47 Å². The Labute approximate surface area is 115 Å². The molecule has 1 aliphatic rings. The monoisotopic (exact) mass is 279 g/mol. The highest BCUT2D eigenvalue weighted by Gasteiger charge is 2.13. The third-order valence-electron chi connectivity index (χ3n) is 3.36. The molecule has 2 aromatic heterocycles. The van der Waals surface area contributed by atoms with Crippen LogP contribution in [0.4, 0.5) is 0 Å². The molecule has 0 aliphatic carbocycles. The highest BCUT2D eigenvalue weighted by molar-refractivity contribution is 7.17. The lowest BCUT2D eigenvalue weighted by molar-refractivity contribution is -0.163.